The molecule has 0 atom stereocenters. The molecule has 0 aliphatic rings. The predicted molar refractivity (Wildman–Crippen MR) is 77.8 cm³/mol. The molecule has 0 saturated carbocycles. The molecule has 2 amide bonds. The van der Waals surface area contributed by atoms with Crippen molar-refractivity contribution in [3.63, 3.8) is 0 Å². The van der Waals surface area contributed by atoms with Crippen LogP contribution in [-0.4, -0.2) is 51.0 Å². The van der Waals surface area contributed by atoms with Crippen LogP contribution in [0.25, 0.3) is 0 Å². The molecule has 0 bridgehead atoms. The van der Waals surface area contributed by atoms with Crippen LogP contribution < -0.4 is 0 Å². The maximum atomic E-state index is 12.4. The number of likely N-dealkylation sites (N-methyl/N-ethyl adjacent to an activating group) is 1. The van der Waals surface area contributed by atoms with Crippen LogP contribution in [0.3, 0.4) is 0 Å². The van der Waals surface area contributed by atoms with E-state index in [9.17, 15) is 14.7 Å². The third kappa shape index (κ3) is 3.27. The van der Waals surface area contributed by atoms with Gasteiger partial charge in [-0.25, -0.2) is 14.6 Å². The quantitative estimate of drug-likeness (QED) is 0.904. The summed E-state index contributed by atoms with van der Waals surface area (Å²) in [6.07, 6.45) is 0. The minimum absolute atomic E-state index is 0.298. The van der Waals surface area contributed by atoms with E-state index < -0.39 is 11.5 Å². The fourth-order valence-electron chi connectivity index (χ4n) is 1.85. The molecule has 6 nitrogen and oxygen atoms in total. The molecule has 0 aliphatic heterocycles. The Bertz CT molecular complexity index is 499. The van der Waals surface area contributed by atoms with E-state index in [-0.39, 0.29) is 6.03 Å². The summed E-state index contributed by atoms with van der Waals surface area (Å²) in [4.78, 5) is 31.8. The van der Waals surface area contributed by atoms with Crippen LogP contribution in [0.5, 0.6) is 0 Å². The number of carbonyl (C=O) groups excluding carboxylic acids is 1. The lowest BCUT2D eigenvalue weighted by Crippen LogP contribution is -2.56. The average Bonchev–Trinajstić information content (AvgIpc) is 2.75. The summed E-state index contributed by atoms with van der Waals surface area (Å²) >= 11 is 1.49. The van der Waals surface area contributed by atoms with Gasteiger partial charge in [0.15, 0.2) is 0 Å². The summed E-state index contributed by atoms with van der Waals surface area (Å²) < 4.78 is 0. The first-order valence-electron chi connectivity index (χ1n) is 6.36. The molecular weight excluding hydrogens is 278 g/mol. The van der Waals surface area contributed by atoms with Gasteiger partial charge in [0.05, 0.1) is 17.7 Å². The standard InChI is InChI=1S/C13H21N3O3S/c1-6-16(13(3,4)11(17)18)12(19)15(5)7-10-9(2)14-8-20-10/h8H,6-7H2,1-5H3,(H,17,18). The second-order valence-electron chi connectivity index (χ2n) is 5.11. The van der Waals surface area contributed by atoms with Gasteiger partial charge in [-0.05, 0) is 27.7 Å². The lowest BCUT2D eigenvalue weighted by molar-refractivity contribution is -0.147. The molecule has 1 aromatic rings. The molecule has 1 N–H and O–H groups in total. The second kappa shape index (κ2) is 6.21. The molecule has 20 heavy (non-hydrogen) atoms. The normalized spacial score (nSPS) is 11.2. The Labute approximate surface area is 123 Å². The number of hydrogen-bond donors (Lipinski definition) is 1. The van der Waals surface area contributed by atoms with Crippen molar-refractivity contribution in [3.05, 3.63) is 16.1 Å². The Balaban J connectivity index is 2.86. The topological polar surface area (TPSA) is 73.7 Å². The van der Waals surface area contributed by atoms with Crippen LogP contribution in [0.2, 0.25) is 0 Å². The minimum Gasteiger partial charge on any atom is -0.480 e. The summed E-state index contributed by atoms with van der Waals surface area (Å²) in [6.45, 7) is 7.49. The third-order valence-electron chi connectivity index (χ3n) is 3.30. The fourth-order valence-corrected chi connectivity index (χ4v) is 2.68. The molecule has 0 radical (unpaired) electrons. The van der Waals surface area contributed by atoms with Crippen molar-refractivity contribution in [1.29, 1.82) is 0 Å². The minimum atomic E-state index is -1.23. The Morgan fingerprint density at radius 2 is 2.05 bits per heavy atom. The van der Waals surface area contributed by atoms with Gasteiger partial charge in [-0.1, -0.05) is 0 Å². The van der Waals surface area contributed by atoms with E-state index in [2.05, 4.69) is 4.98 Å². The van der Waals surface area contributed by atoms with Crippen LogP contribution in [-0.2, 0) is 11.3 Å². The highest BCUT2D eigenvalue weighted by atomic mass is 32.1. The zero-order chi connectivity index (χ0) is 15.5. The molecule has 0 fully saturated rings. The number of carboxylic acids is 1. The number of carbonyl (C=O) groups is 2. The number of urea groups is 1. The van der Waals surface area contributed by atoms with Gasteiger partial charge in [0, 0.05) is 18.5 Å². The highest BCUT2D eigenvalue weighted by molar-refractivity contribution is 7.09. The molecule has 112 valence electrons. The van der Waals surface area contributed by atoms with Gasteiger partial charge >= 0.3 is 12.0 Å². The van der Waals surface area contributed by atoms with Gasteiger partial charge in [-0.3, -0.25) is 0 Å². The van der Waals surface area contributed by atoms with E-state index in [0.717, 1.165) is 10.6 Å². The van der Waals surface area contributed by atoms with Gasteiger partial charge in [-0.15, -0.1) is 11.3 Å². The number of carboxylic acid groups (broad SMARTS) is 1. The molecule has 0 aromatic carbocycles. The number of aliphatic carboxylic acids is 1. The zero-order valence-electron chi connectivity index (χ0n) is 12.5. The lowest BCUT2D eigenvalue weighted by atomic mass is 10.0. The molecule has 1 heterocycles. The highest BCUT2D eigenvalue weighted by Gasteiger charge is 2.38. The summed E-state index contributed by atoms with van der Waals surface area (Å²) in [6, 6.07) is -0.298. The van der Waals surface area contributed by atoms with Crippen LogP contribution in [0.4, 0.5) is 4.79 Å². The molecule has 0 saturated heterocycles. The van der Waals surface area contributed by atoms with E-state index in [1.54, 1.807) is 19.5 Å². The van der Waals surface area contributed by atoms with Crippen molar-refractivity contribution < 1.29 is 14.7 Å². The summed E-state index contributed by atoms with van der Waals surface area (Å²) in [5.41, 5.74) is 1.40. The molecular formula is C13H21N3O3S. The lowest BCUT2D eigenvalue weighted by Gasteiger charge is -2.36. The smallest absolute Gasteiger partial charge is 0.329 e. The maximum absolute atomic E-state index is 12.4. The number of hydrogen-bond acceptors (Lipinski definition) is 4. The molecule has 0 unspecified atom stereocenters. The Morgan fingerprint density at radius 3 is 2.45 bits per heavy atom. The summed E-state index contributed by atoms with van der Waals surface area (Å²) in [5.74, 6) is -1.02. The first-order valence-corrected chi connectivity index (χ1v) is 7.24. The van der Waals surface area contributed by atoms with Crippen LogP contribution in [0, 0.1) is 6.92 Å². The highest BCUT2D eigenvalue weighted by Crippen LogP contribution is 2.19. The van der Waals surface area contributed by atoms with Gasteiger partial charge in [-0.2, -0.15) is 0 Å². The SMILES string of the molecule is CCN(C(=O)N(C)Cc1scnc1C)C(C)(C)C(=O)O. The molecule has 7 heteroatoms. The monoisotopic (exact) mass is 299 g/mol. The summed E-state index contributed by atoms with van der Waals surface area (Å²) in [7, 11) is 1.67. The number of aromatic nitrogens is 1. The summed E-state index contributed by atoms with van der Waals surface area (Å²) in [5, 5.41) is 9.25. The van der Waals surface area contributed by atoms with Gasteiger partial charge in [0.2, 0.25) is 0 Å². The number of aryl methyl sites for hydroxylation is 1. The number of amides is 2. The Kier molecular flexibility index (Phi) is 5.10. The molecule has 0 aliphatic carbocycles. The average molecular weight is 299 g/mol. The number of rotatable bonds is 5. The largest absolute Gasteiger partial charge is 0.480 e. The molecule has 0 spiro atoms. The Morgan fingerprint density at radius 1 is 1.45 bits per heavy atom. The van der Waals surface area contributed by atoms with E-state index in [1.165, 1.54) is 35.0 Å². The van der Waals surface area contributed by atoms with Gasteiger partial charge in [0.25, 0.3) is 0 Å². The van der Waals surface area contributed by atoms with Crippen molar-refractivity contribution >= 4 is 23.3 Å². The van der Waals surface area contributed by atoms with Crippen molar-refractivity contribution in [2.24, 2.45) is 0 Å². The van der Waals surface area contributed by atoms with Crippen LogP contribution in [0.1, 0.15) is 31.3 Å². The molecule has 1 rings (SSSR count). The van der Waals surface area contributed by atoms with Gasteiger partial charge < -0.3 is 14.9 Å². The van der Waals surface area contributed by atoms with E-state index >= 15 is 0 Å². The van der Waals surface area contributed by atoms with Crippen LogP contribution >= 0.6 is 11.3 Å². The van der Waals surface area contributed by atoms with E-state index in [4.69, 9.17) is 0 Å². The molecule has 1 aromatic heterocycles. The van der Waals surface area contributed by atoms with Crippen LogP contribution in [0.15, 0.2) is 5.51 Å². The van der Waals surface area contributed by atoms with Crippen molar-refractivity contribution in [2.75, 3.05) is 13.6 Å². The predicted octanol–water partition coefficient (Wildman–Crippen LogP) is 2.19. The van der Waals surface area contributed by atoms with E-state index in [0.29, 0.717) is 13.1 Å². The third-order valence-corrected chi connectivity index (χ3v) is 4.22. The van der Waals surface area contributed by atoms with Crippen molar-refractivity contribution in [3.8, 4) is 0 Å². The maximum Gasteiger partial charge on any atom is 0.329 e. The number of thiazole rings is 1. The van der Waals surface area contributed by atoms with Crippen molar-refractivity contribution in [2.45, 2.75) is 39.8 Å². The van der Waals surface area contributed by atoms with E-state index in [1.807, 2.05) is 6.92 Å². The van der Waals surface area contributed by atoms with Gasteiger partial charge in [0.1, 0.15) is 5.54 Å². The second-order valence-corrected chi connectivity index (χ2v) is 6.05. The first-order chi connectivity index (χ1) is 9.21. The fraction of sp³-hybridized carbons (Fsp3) is 0.615. The number of nitrogens with zero attached hydrogens (tertiary/aromatic N) is 3. The zero-order valence-corrected chi connectivity index (χ0v) is 13.3. The Hall–Kier alpha value is -1.63. The van der Waals surface area contributed by atoms with Crippen molar-refractivity contribution in [1.82, 2.24) is 14.8 Å². The first kappa shape index (κ1) is 16.4.